The molecule has 11 aromatic heterocycles. The molecule has 0 radical (unpaired) electrons. The summed E-state index contributed by atoms with van der Waals surface area (Å²) in [4.78, 5) is 69.7. The van der Waals surface area contributed by atoms with Crippen LogP contribution in [0.2, 0.25) is 0 Å². The van der Waals surface area contributed by atoms with Gasteiger partial charge < -0.3 is 80.1 Å². The minimum absolute atomic E-state index is 0.116. The number of aromatic nitrogens is 21. The predicted octanol–water partition coefficient (Wildman–Crippen LogP) is 16.0. The highest BCUT2D eigenvalue weighted by atomic mass is 32.1. The van der Waals surface area contributed by atoms with Crippen molar-refractivity contribution < 1.29 is 24.2 Å². The number of H-pyrrole nitrogens is 1. The van der Waals surface area contributed by atoms with Crippen molar-refractivity contribution in [1.82, 2.24) is 104 Å². The van der Waals surface area contributed by atoms with E-state index >= 15 is 0 Å². The summed E-state index contributed by atoms with van der Waals surface area (Å²) in [6.07, 6.45) is 1.91. The normalized spacial score (nSPS) is 11.0. The Labute approximate surface area is 720 Å². The summed E-state index contributed by atoms with van der Waals surface area (Å²) in [6, 6.07) is 75.6. The van der Waals surface area contributed by atoms with E-state index in [0.717, 1.165) is 90.5 Å². The molecule has 0 aliphatic rings. The second-order valence-corrected chi connectivity index (χ2v) is 31.4. The smallest absolute Gasteiger partial charge is 0.337 e. The van der Waals surface area contributed by atoms with Gasteiger partial charge in [0.25, 0.3) is 0 Å². The highest BCUT2D eigenvalue weighted by molar-refractivity contribution is 7.22. The third-order valence-electron chi connectivity index (χ3n) is 17.7. The van der Waals surface area contributed by atoms with Crippen LogP contribution in [0.15, 0.2) is 249 Å². The molecule has 0 atom stereocenters. The highest BCUT2D eigenvalue weighted by Gasteiger charge is 2.21. The van der Waals surface area contributed by atoms with Crippen LogP contribution in [-0.2, 0) is 9.53 Å². The number of fused-ring (bicyclic) bond motifs is 6. The number of para-hydroxylation sites is 5. The van der Waals surface area contributed by atoms with E-state index < -0.39 is 5.97 Å². The van der Waals surface area contributed by atoms with E-state index in [2.05, 4.69) is 112 Å². The molecular weight excluding hydrogens is 1670 g/mol. The molecule has 0 fully saturated rings. The zero-order valence-corrected chi connectivity index (χ0v) is 69.2. The maximum Gasteiger partial charge on any atom is 0.337 e. The van der Waals surface area contributed by atoms with E-state index in [1.165, 1.54) is 89.4 Å². The summed E-state index contributed by atoms with van der Waals surface area (Å²) in [5.74, 6) is 3.52. The standard InChI is InChI=1S/C17H15N7OS.C17H13N7S.C17H14N6O2S.C16H14N6OS.C15H12N6OS/c1-10(25)19-11-6-8-12(9-7-11)20-16-22-15(18)24(23-16)17-21-13-4-2-3-5-14(13)26-17;18-15-22-16(20-11-5-6-12-10(9-11)7-8-19-12)23-24(15)17-21-13-3-1-2-4-14(13)25-17;1-25-14(24)10-5-4-6-11(9-10)19-16-21-15(18)23(22-16)17-20-12-7-2-3-8-13(12)26-17;1-23-11-6-4-5-10(9-11)18-15-20-14(17)22(21-15)16-19-12-7-2-3-8-13(12)24-16;16-13-19-14(17-9-4-3-5-10(22)8-9)20-21(13)15-18-11-6-1-2-7-12(11)23-15/h2-9H,1H3,(H,19,25)(H3,18,20,22,23);1-9,19H,(H3,18,20,22,23);2-9H,1H3,(H3,18,19,21,22);2-9H,1H3,(H3,17,18,20,21);1-8,22H,(H3,16,17,19,20). The molecule has 124 heavy (non-hydrogen) atoms. The number of esters is 1. The van der Waals surface area contributed by atoms with E-state index in [1.54, 1.807) is 72.5 Å². The summed E-state index contributed by atoms with van der Waals surface area (Å²) in [7, 11) is 2.96. The number of rotatable bonds is 18. The monoisotopic (exact) mass is 1740 g/mol. The molecule has 616 valence electrons. The van der Waals surface area contributed by atoms with Gasteiger partial charge in [0.2, 0.25) is 91.0 Å². The number of phenolic OH excluding ortho intramolecular Hbond substituents is 1. The van der Waals surface area contributed by atoms with Crippen LogP contribution in [0.4, 0.5) is 93.6 Å². The lowest BCUT2D eigenvalue weighted by Crippen LogP contribution is -2.05. The van der Waals surface area contributed by atoms with Crippen LogP contribution < -0.4 is 65.3 Å². The Morgan fingerprint density at radius 1 is 0.355 bits per heavy atom. The maximum absolute atomic E-state index is 11.6. The van der Waals surface area contributed by atoms with Gasteiger partial charge >= 0.3 is 5.97 Å². The molecule has 37 nitrogen and oxygen atoms in total. The Hall–Kier alpha value is -16.6. The number of nitrogens with two attached hydrogens (primary N) is 5. The van der Waals surface area contributed by atoms with Gasteiger partial charge in [0.05, 0.1) is 70.9 Å². The molecule has 0 bridgehead atoms. The summed E-state index contributed by atoms with van der Waals surface area (Å²) < 4.78 is 22.8. The van der Waals surface area contributed by atoms with E-state index in [0.29, 0.717) is 78.3 Å². The topological polar surface area (TPSA) is 509 Å². The van der Waals surface area contributed by atoms with Crippen molar-refractivity contribution in [3.8, 4) is 37.2 Å². The SMILES string of the molecule is CC(=O)Nc1ccc(Nc2nc(N)n(-c3nc4ccccc4s3)n2)cc1.COC(=O)c1cccc(Nc2nc(N)n(-c3nc4ccccc4s3)n2)c1.COc1cccc(Nc2nc(N)n(-c3nc4ccccc4s3)n2)c1.Nc1nc(Nc2ccc3[nH]ccc3c2)nn1-c1nc2ccccc2s1.Nc1nc(Nc2cccc(O)c2)nn1-c1nc2ccccc2s1. The van der Waals surface area contributed by atoms with Gasteiger partial charge in [-0.15, -0.1) is 25.5 Å². The number of hydrogen-bond acceptors (Lipinski definition) is 35. The predicted molar refractivity (Wildman–Crippen MR) is 489 cm³/mol. The average Bonchev–Trinajstić information content (AvgIpc) is 1.64. The van der Waals surface area contributed by atoms with Crippen LogP contribution in [0, 0.1) is 0 Å². The largest absolute Gasteiger partial charge is 0.508 e. The minimum atomic E-state index is -0.416. The third kappa shape index (κ3) is 18.5. The van der Waals surface area contributed by atoms with Gasteiger partial charge in [-0.2, -0.15) is 48.3 Å². The Bertz CT molecular complexity index is 7240. The van der Waals surface area contributed by atoms with Gasteiger partial charge in [0.1, 0.15) is 11.5 Å². The van der Waals surface area contributed by atoms with Crippen molar-refractivity contribution in [3.05, 3.63) is 254 Å². The number of nitrogens with one attached hydrogen (secondary N) is 7. The van der Waals surface area contributed by atoms with Crippen molar-refractivity contribution in [2.75, 3.05) is 74.8 Å². The number of benzene rings is 10. The summed E-state index contributed by atoms with van der Waals surface area (Å²) in [5, 5.41) is 54.0. The summed E-state index contributed by atoms with van der Waals surface area (Å²) in [6.45, 7) is 1.47. The van der Waals surface area contributed by atoms with Crippen molar-refractivity contribution in [3.63, 3.8) is 0 Å². The number of carbonyl (C=O) groups excluding carboxylic acids is 2. The number of ether oxygens (including phenoxy) is 2. The summed E-state index contributed by atoms with van der Waals surface area (Å²) in [5.41, 5.74) is 40.5. The molecule has 0 spiro atoms. The molecule has 0 aliphatic carbocycles. The van der Waals surface area contributed by atoms with Crippen LogP contribution in [0.25, 0.3) is 87.6 Å². The number of aromatic hydroxyl groups is 1. The van der Waals surface area contributed by atoms with Crippen molar-refractivity contribution in [1.29, 1.82) is 0 Å². The molecule has 0 unspecified atom stereocenters. The molecule has 21 rings (SSSR count). The molecule has 0 saturated carbocycles. The van der Waals surface area contributed by atoms with E-state index in [-0.39, 0.29) is 35.5 Å². The van der Waals surface area contributed by atoms with Crippen LogP contribution in [0.1, 0.15) is 17.3 Å². The number of anilines is 16. The van der Waals surface area contributed by atoms with E-state index in [1.807, 2.05) is 188 Å². The number of phenols is 1. The number of carbonyl (C=O) groups is 2. The average molecular weight is 1740 g/mol. The molecule has 0 aliphatic heterocycles. The second-order valence-electron chi connectivity index (χ2n) is 26.4. The number of nitrogens with zero attached hydrogens (tertiary/aromatic N) is 20. The molecule has 1 amide bonds. The number of nitrogen functional groups attached to an aromatic ring is 5. The molecule has 11 heterocycles. The molecule has 18 N–H and O–H groups in total. The maximum atomic E-state index is 11.6. The molecule has 21 aromatic rings. The number of methoxy groups -OCH3 is 2. The lowest BCUT2D eigenvalue weighted by atomic mass is 10.2. The van der Waals surface area contributed by atoms with E-state index in [4.69, 9.17) is 38.1 Å². The lowest BCUT2D eigenvalue weighted by Gasteiger charge is -2.04. The first-order chi connectivity index (χ1) is 60.4. The second kappa shape index (κ2) is 35.5. The zero-order valence-electron chi connectivity index (χ0n) is 65.1. The Balaban J connectivity index is 0.000000110. The van der Waals surface area contributed by atoms with Gasteiger partial charge in [-0.3, -0.25) is 4.79 Å². The first kappa shape index (κ1) is 79.9. The van der Waals surface area contributed by atoms with Gasteiger partial charge in [-0.25, -0.2) is 29.7 Å². The fraction of sp³-hybridized carbons (Fsp3) is 0.0366. The van der Waals surface area contributed by atoms with Crippen molar-refractivity contribution in [2.24, 2.45) is 0 Å². The summed E-state index contributed by atoms with van der Waals surface area (Å²) >= 11 is 7.49. The van der Waals surface area contributed by atoms with Crippen molar-refractivity contribution in [2.45, 2.75) is 6.92 Å². The van der Waals surface area contributed by atoms with Crippen molar-refractivity contribution >= 4 is 224 Å². The zero-order chi connectivity index (χ0) is 85.3. The van der Waals surface area contributed by atoms with E-state index in [9.17, 15) is 14.7 Å². The third-order valence-corrected chi connectivity index (χ3v) is 22.8. The minimum Gasteiger partial charge on any atom is -0.508 e. The quantitative estimate of drug-likeness (QED) is 0.0355. The van der Waals surface area contributed by atoms with Crippen LogP contribution in [0.5, 0.6) is 11.5 Å². The molecule has 42 heteroatoms. The lowest BCUT2D eigenvalue weighted by molar-refractivity contribution is -0.114. The number of thiazole rings is 5. The fourth-order valence-electron chi connectivity index (χ4n) is 12.1. The van der Waals surface area contributed by atoms with Gasteiger partial charge in [0, 0.05) is 70.3 Å². The molecular formula is C82H68N32O5S5. The number of amides is 1. The Morgan fingerprint density at radius 2 is 0.685 bits per heavy atom. The number of aromatic amines is 1. The molecule has 0 saturated heterocycles. The highest BCUT2D eigenvalue weighted by Crippen LogP contribution is 2.34. The van der Waals surface area contributed by atoms with Gasteiger partial charge in [-0.05, 0) is 152 Å². The molecule has 10 aromatic carbocycles. The number of hydrogen-bond donors (Lipinski definition) is 13. The van der Waals surface area contributed by atoms with Crippen LogP contribution in [-0.4, -0.2) is 135 Å². The first-order valence-corrected chi connectivity index (χ1v) is 41.3. The van der Waals surface area contributed by atoms with Crippen LogP contribution in [0.3, 0.4) is 0 Å². The Morgan fingerprint density at radius 3 is 1.05 bits per heavy atom. The fourth-order valence-corrected chi connectivity index (χ4v) is 16.7. The first-order valence-electron chi connectivity index (χ1n) is 37.2. The Kier molecular flexibility index (Phi) is 22.9. The van der Waals surface area contributed by atoms with Crippen LogP contribution >= 0.6 is 56.7 Å². The van der Waals surface area contributed by atoms with Gasteiger partial charge in [-0.1, -0.05) is 136 Å². The van der Waals surface area contributed by atoms with Gasteiger partial charge in [0.15, 0.2) is 0 Å².